The van der Waals surface area contributed by atoms with Gasteiger partial charge in [-0.05, 0) is 47.9 Å². The molecule has 2 aromatic rings. The maximum Gasteiger partial charge on any atom is 0.203 e. The lowest BCUT2D eigenvalue weighted by molar-refractivity contribution is 0.324. The average molecular weight is 378 g/mol. The van der Waals surface area contributed by atoms with E-state index in [4.69, 9.17) is 18.9 Å². The van der Waals surface area contributed by atoms with E-state index in [1.54, 1.807) is 41.0 Å². The summed E-state index contributed by atoms with van der Waals surface area (Å²) in [4.78, 5) is 0.729. The predicted molar refractivity (Wildman–Crippen MR) is 108 cm³/mol. The van der Waals surface area contributed by atoms with Crippen LogP contribution < -0.4 is 18.9 Å². The van der Waals surface area contributed by atoms with Gasteiger partial charge in [0.15, 0.2) is 11.5 Å². The third kappa shape index (κ3) is 4.38. The molecule has 0 saturated carbocycles. The molecule has 0 aliphatic rings. The van der Waals surface area contributed by atoms with Crippen LogP contribution in [0.1, 0.15) is 11.1 Å². The minimum Gasteiger partial charge on any atom is -0.496 e. The van der Waals surface area contributed by atoms with Gasteiger partial charge in [0.2, 0.25) is 5.75 Å². The molecule has 0 heterocycles. The Balaban J connectivity index is 2.43. The fourth-order valence-corrected chi connectivity index (χ4v) is 3.78. The van der Waals surface area contributed by atoms with E-state index in [-0.39, 0.29) is 0 Å². The van der Waals surface area contributed by atoms with Gasteiger partial charge < -0.3 is 18.9 Å². The largest absolute Gasteiger partial charge is 0.496 e. The Bertz CT molecular complexity index is 826. The van der Waals surface area contributed by atoms with Crippen LogP contribution in [-0.4, -0.2) is 45.2 Å². The molecule has 0 aromatic heterocycles. The van der Waals surface area contributed by atoms with Crippen LogP contribution in [0.4, 0.5) is 0 Å². The monoisotopic (exact) mass is 378 g/mol. The van der Waals surface area contributed by atoms with Crippen LogP contribution in [0.5, 0.6) is 23.0 Å². The number of benzene rings is 2. The molecule has 26 heavy (non-hydrogen) atoms. The summed E-state index contributed by atoms with van der Waals surface area (Å²) in [7, 11) is 3.88. The van der Waals surface area contributed by atoms with Crippen molar-refractivity contribution in [1.29, 1.82) is 0 Å². The third-order valence-corrected chi connectivity index (χ3v) is 5.45. The summed E-state index contributed by atoms with van der Waals surface area (Å²) in [6, 6.07) is 9.39. The number of methoxy groups -OCH3 is 4. The van der Waals surface area contributed by atoms with Crippen molar-refractivity contribution in [3.8, 4) is 23.0 Å². The van der Waals surface area contributed by atoms with Gasteiger partial charge in [-0.25, -0.2) is 0 Å². The molecule has 0 spiro atoms. The van der Waals surface area contributed by atoms with E-state index >= 15 is 0 Å². The first-order valence-electron chi connectivity index (χ1n) is 8.05. The standard InChI is InChI=1S/C20H26O5S/c1-22-16-10-9-14(13-19(16)26(5,6)21)7-8-15-11-17(23-2)20(25-4)18(12-15)24-3/h7-13,26H,1-6H3/b8-7-. The quantitative estimate of drug-likeness (QED) is 0.590. The lowest BCUT2D eigenvalue weighted by Crippen LogP contribution is -2.08. The molecule has 0 fully saturated rings. The first-order valence-corrected chi connectivity index (χ1v) is 10.7. The van der Waals surface area contributed by atoms with Crippen molar-refractivity contribution in [3.63, 3.8) is 0 Å². The van der Waals surface area contributed by atoms with E-state index in [9.17, 15) is 4.21 Å². The molecule has 0 unspecified atom stereocenters. The summed E-state index contributed by atoms with van der Waals surface area (Å²) in [6.07, 6.45) is 7.35. The Labute approximate surface area is 156 Å². The second-order valence-electron chi connectivity index (χ2n) is 6.07. The first-order chi connectivity index (χ1) is 12.3. The minimum absolute atomic E-state index is 0.553. The van der Waals surface area contributed by atoms with Crippen LogP contribution >= 0.6 is 0 Å². The molecule has 5 nitrogen and oxygen atoms in total. The van der Waals surface area contributed by atoms with Gasteiger partial charge in [0.25, 0.3) is 0 Å². The van der Waals surface area contributed by atoms with Crippen LogP contribution in [0.3, 0.4) is 0 Å². The zero-order chi connectivity index (χ0) is 19.3. The van der Waals surface area contributed by atoms with Gasteiger partial charge in [-0.1, -0.05) is 28.2 Å². The summed E-state index contributed by atoms with van der Waals surface area (Å²) in [6.45, 7) is 0. The SMILES string of the molecule is COc1ccc(/C=C\c2cc(OC)c(OC)c(OC)c2)cc1[SH](C)(C)=O. The van der Waals surface area contributed by atoms with Crippen LogP contribution in [0.15, 0.2) is 35.2 Å². The molecule has 0 aliphatic carbocycles. The van der Waals surface area contributed by atoms with Gasteiger partial charge in [0, 0.05) is 0 Å². The van der Waals surface area contributed by atoms with Crippen molar-refractivity contribution in [1.82, 2.24) is 0 Å². The fraction of sp³-hybridized carbons (Fsp3) is 0.300. The second kappa shape index (κ2) is 8.27. The van der Waals surface area contributed by atoms with Gasteiger partial charge in [-0.2, -0.15) is 0 Å². The Hall–Kier alpha value is -2.47. The maximum absolute atomic E-state index is 12.5. The average Bonchev–Trinajstić information content (AvgIpc) is 2.64. The van der Waals surface area contributed by atoms with E-state index < -0.39 is 9.93 Å². The van der Waals surface area contributed by atoms with Crippen molar-refractivity contribution in [2.24, 2.45) is 0 Å². The topological polar surface area (TPSA) is 54.0 Å². The zero-order valence-electron chi connectivity index (χ0n) is 16.0. The Morgan fingerprint density at radius 1 is 0.731 bits per heavy atom. The van der Waals surface area contributed by atoms with Crippen molar-refractivity contribution in [2.45, 2.75) is 4.90 Å². The fourth-order valence-electron chi connectivity index (χ4n) is 2.62. The predicted octanol–water partition coefficient (Wildman–Crippen LogP) is 3.53. The highest BCUT2D eigenvalue weighted by Gasteiger charge is 2.13. The minimum atomic E-state index is -2.45. The smallest absolute Gasteiger partial charge is 0.203 e. The van der Waals surface area contributed by atoms with Gasteiger partial charge >= 0.3 is 0 Å². The van der Waals surface area contributed by atoms with Crippen LogP contribution in [0.2, 0.25) is 0 Å². The highest BCUT2D eigenvalue weighted by Crippen LogP contribution is 2.38. The summed E-state index contributed by atoms with van der Waals surface area (Å²) >= 11 is 0. The Morgan fingerprint density at radius 2 is 1.27 bits per heavy atom. The Morgan fingerprint density at radius 3 is 1.73 bits per heavy atom. The lowest BCUT2D eigenvalue weighted by atomic mass is 10.1. The molecule has 6 heteroatoms. The molecule has 0 saturated heterocycles. The highest BCUT2D eigenvalue weighted by atomic mass is 32.2. The molecule has 0 radical (unpaired) electrons. The van der Waals surface area contributed by atoms with Gasteiger partial charge in [-0.15, -0.1) is 0 Å². The molecule has 0 N–H and O–H groups in total. The molecular weight excluding hydrogens is 352 g/mol. The molecule has 2 aromatic carbocycles. The number of hydrogen-bond acceptors (Lipinski definition) is 5. The Kier molecular flexibility index (Phi) is 6.32. The van der Waals surface area contributed by atoms with Crippen LogP contribution in [-0.2, 0) is 9.93 Å². The lowest BCUT2D eigenvalue weighted by Gasteiger charge is -2.17. The van der Waals surface area contributed by atoms with Crippen molar-refractivity contribution >= 4 is 22.1 Å². The van der Waals surface area contributed by atoms with E-state index in [1.165, 1.54) is 0 Å². The van der Waals surface area contributed by atoms with Crippen LogP contribution in [0, 0.1) is 0 Å². The molecule has 2 rings (SSSR count). The maximum atomic E-state index is 12.5. The van der Waals surface area contributed by atoms with E-state index in [0.717, 1.165) is 16.0 Å². The number of hydrogen-bond donors (Lipinski definition) is 1. The van der Waals surface area contributed by atoms with Crippen LogP contribution in [0.25, 0.3) is 12.2 Å². The van der Waals surface area contributed by atoms with E-state index in [2.05, 4.69) is 0 Å². The zero-order valence-corrected chi connectivity index (χ0v) is 16.9. The number of thiol groups is 1. The molecule has 0 atom stereocenters. The number of rotatable bonds is 7. The summed E-state index contributed by atoms with van der Waals surface area (Å²) < 4.78 is 33.9. The summed E-state index contributed by atoms with van der Waals surface area (Å²) in [5.41, 5.74) is 1.83. The van der Waals surface area contributed by atoms with Gasteiger partial charge in [0.05, 0.1) is 33.3 Å². The highest BCUT2D eigenvalue weighted by molar-refractivity contribution is 8.01. The van der Waals surface area contributed by atoms with Crippen molar-refractivity contribution in [3.05, 3.63) is 41.5 Å². The molecule has 0 aliphatic heterocycles. The summed E-state index contributed by atoms with van der Waals surface area (Å²) in [5, 5.41) is 0. The molecule has 142 valence electrons. The van der Waals surface area contributed by atoms with Gasteiger partial charge in [-0.3, -0.25) is 4.21 Å². The normalized spacial score (nSPS) is 12.1. The molecule has 0 bridgehead atoms. The van der Waals surface area contributed by atoms with Crippen molar-refractivity contribution < 1.29 is 23.2 Å². The summed E-state index contributed by atoms with van der Waals surface area (Å²) in [5.74, 6) is 2.38. The van der Waals surface area contributed by atoms with Gasteiger partial charge in [0.1, 0.15) is 5.75 Å². The van der Waals surface area contributed by atoms with E-state index in [1.807, 2.05) is 42.5 Å². The third-order valence-electron chi connectivity index (χ3n) is 3.94. The second-order valence-corrected chi connectivity index (χ2v) is 9.26. The number of ether oxygens (including phenoxy) is 4. The van der Waals surface area contributed by atoms with Crippen molar-refractivity contribution in [2.75, 3.05) is 41.0 Å². The molecular formula is C20H26O5S. The first kappa shape index (κ1) is 19.8. The van der Waals surface area contributed by atoms with E-state index in [0.29, 0.717) is 23.0 Å². The molecule has 0 amide bonds.